The van der Waals surface area contributed by atoms with E-state index < -0.39 is 6.04 Å². The number of benzene rings is 1. The van der Waals surface area contributed by atoms with Gasteiger partial charge in [-0.15, -0.1) is 12.4 Å². The highest BCUT2D eigenvalue weighted by Crippen LogP contribution is 2.06. The van der Waals surface area contributed by atoms with E-state index in [-0.39, 0.29) is 18.3 Å². The molecule has 0 saturated heterocycles. The molecule has 0 spiro atoms. The van der Waals surface area contributed by atoms with E-state index >= 15 is 0 Å². The Balaban J connectivity index is 0.00000180. The van der Waals surface area contributed by atoms with Crippen LogP contribution in [-0.2, 0) is 11.2 Å². The lowest BCUT2D eigenvalue weighted by Gasteiger charge is -2.12. The predicted octanol–water partition coefficient (Wildman–Crippen LogP) is 2.01. The number of carbonyl (C=O) groups excluding carboxylic acids is 1. The molecule has 0 fully saturated rings. The number of nitrogens with zero attached hydrogens (tertiary/aromatic N) is 1. The SMILES string of the molecule is Cl.NC(Cc1ccccc1)C(=O)Nc1cccnc1. The third kappa shape index (κ3) is 4.69. The molecule has 1 unspecified atom stereocenters. The molecule has 100 valence electrons. The molecule has 0 radical (unpaired) electrons. The Labute approximate surface area is 118 Å². The molecule has 0 aliphatic carbocycles. The number of nitrogens with two attached hydrogens (primary N) is 1. The third-order valence-corrected chi connectivity index (χ3v) is 2.56. The van der Waals surface area contributed by atoms with Crippen molar-refractivity contribution in [1.82, 2.24) is 4.98 Å². The smallest absolute Gasteiger partial charge is 0.241 e. The lowest BCUT2D eigenvalue weighted by molar-refractivity contribution is -0.117. The van der Waals surface area contributed by atoms with E-state index in [1.165, 1.54) is 0 Å². The van der Waals surface area contributed by atoms with Crippen molar-refractivity contribution in [2.24, 2.45) is 5.73 Å². The number of pyridine rings is 1. The fourth-order valence-corrected chi connectivity index (χ4v) is 1.63. The Kier molecular flexibility index (Phi) is 5.99. The summed E-state index contributed by atoms with van der Waals surface area (Å²) in [6.45, 7) is 0. The van der Waals surface area contributed by atoms with Crippen LogP contribution >= 0.6 is 12.4 Å². The molecule has 0 aliphatic heterocycles. The summed E-state index contributed by atoms with van der Waals surface area (Å²) in [5.74, 6) is -0.202. The first kappa shape index (κ1) is 15.1. The molecule has 1 aromatic carbocycles. The van der Waals surface area contributed by atoms with Crippen LogP contribution in [-0.4, -0.2) is 16.9 Å². The Hall–Kier alpha value is -1.91. The highest BCUT2D eigenvalue weighted by Gasteiger charge is 2.13. The van der Waals surface area contributed by atoms with Gasteiger partial charge in [0, 0.05) is 6.20 Å². The average Bonchev–Trinajstić information content (AvgIpc) is 2.41. The first-order chi connectivity index (χ1) is 8.75. The average molecular weight is 278 g/mol. The number of hydrogen-bond donors (Lipinski definition) is 2. The molecule has 3 N–H and O–H groups in total. The summed E-state index contributed by atoms with van der Waals surface area (Å²) in [7, 11) is 0. The highest BCUT2D eigenvalue weighted by atomic mass is 35.5. The zero-order valence-corrected chi connectivity index (χ0v) is 11.1. The molecule has 1 aromatic heterocycles. The molecule has 4 nitrogen and oxygen atoms in total. The second-order valence-electron chi connectivity index (χ2n) is 4.03. The number of amides is 1. The summed E-state index contributed by atoms with van der Waals surface area (Å²) >= 11 is 0. The van der Waals surface area contributed by atoms with Crippen LogP contribution in [0.2, 0.25) is 0 Å². The number of halogens is 1. The maximum atomic E-state index is 11.9. The fourth-order valence-electron chi connectivity index (χ4n) is 1.63. The first-order valence-electron chi connectivity index (χ1n) is 5.76. The van der Waals surface area contributed by atoms with Crippen molar-refractivity contribution >= 4 is 24.0 Å². The van der Waals surface area contributed by atoms with E-state index in [1.54, 1.807) is 24.5 Å². The van der Waals surface area contributed by atoms with Gasteiger partial charge < -0.3 is 11.1 Å². The van der Waals surface area contributed by atoms with Gasteiger partial charge >= 0.3 is 0 Å². The summed E-state index contributed by atoms with van der Waals surface area (Å²) in [5, 5.41) is 2.74. The van der Waals surface area contributed by atoms with Crippen molar-refractivity contribution in [1.29, 1.82) is 0 Å². The van der Waals surface area contributed by atoms with E-state index in [1.807, 2.05) is 30.3 Å². The van der Waals surface area contributed by atoms with Crippen LogP contribution in [0.1, 0.15) is 5.56 Å². The maximum Gasteiger partial charge on any atom is 0.241 e. The monoisotopic (exact) mass is 277 g/mol. The molecular weight excluding hydrogens is 262 g/mol. The minimum atomic E-state index is -0.562. The van der Waals surface area contributed by atoms with Gasteiger partial charge in [-0.05, 0) is 24.1 Å². The van der Waals surface area contributed by atoms with E-state index in [9.17, 15) is 4.79 Å². The van der Waals surface area contributed by atoms with Crippen molar-refractivity contribution in [2.45, 2.75) is 12.5 Å². The number of anilines is 1. The minimum absolute atomic E-state index is 0. The van der Waals surface area contributed by atoms with Gasteiger partial charge in [-0.1, -0.05) is 30.3 Å². The first-order valence-corrected chi connectivity index (χ1v) is 5.76. The van der Waals surface area contributed by atoms with Crippen LogP contribution in [0.5, 0.6) is 0 Å². The molecule has 2 aromatic rings. The highest BCUT2D eigenvalue weighted by molar-refractivity contribution is 5.94. The third-order valence-electron chi connectivity index (χ3n) is 2.56. The lowest BCUT2D eigenvalue weighted by atomic mass is 10.1. The van der Waals surface area contributed by atoms with Crippen molar-refractivity contribution in [3.63, 3.8) is 0 Å². The van der Waals surface area contributed by atoms with Gasteiger partial charge in [-0.25, -0.2) is 0 Å². The van der Waals surface area contributed by atoms with E-state index in [0.717, 1.165) is 5.56 Å². The van der Waals surface area contributed by atoms with E-state index in [0.29, 0.717) is 12.1 Å². The van der Waals surface area contributed by atoms with E-state index in [4.69, 9.17) is 5.73 Å². The quantitative estimate of drug-likeness (QED) is 0.898. The Bertz CT molecular complexity index is 505. The van der Waals surface area contributed by atoms with Crippen LogP contribution in [0, 0.1) is 0 Å². The van der Waals surface area contributed by atoms with Crippen LogP contribution < -0.4 is 11.1 Å². The molecular formula is C14H16ClN3O. The molecule has 0 bridgehead atoms. The lowest BCUT2D eigenvalue weighted by Crippen LogP contribution is -2.37. The molecule has 1 amide bonds. The van der Waals surface area contributed by atoms with Gasteiger partial charge in [0.15, 0.2) is 0 Å². The molecule has 1 heterocycles. The summed E-state index contributed by atoms with van der Waals surface area (Å²) < 4.78 is 0. The van der Waals surface area contributed by atoms with Gasteiger partial charge in [-0.3, -0.25) is 9.78 Å². The molecule has 5 heteroatoms. The van der Waals surface area contributed by atoms with Crippen LogP contribution in [0.4, 0.5) is 5.69 Å². The Morgan fingerprint density at radius 1 is 1.21 bits per heavy atom. The molecule has 19 heavy (non-hydrogen) atoms. The topological polar surface area (TPSA) is 68.0 Å². The van der Waals surface area contributed by atoms with Crippen LogP contribution in [0.25, 0.3) is 0 Å². The van der Waals surface area contributed by atoms with Gasteiger partial charge in [0.2, 0.25) is 5.91 Å². The second-order valence-corrected chi connectivity index (χ2v) is 4.03. The largest absolute Gasteiger partial charge is 0.323 e. The number of nitrogens with one attached hydrogen (secondary N) is 1. The Morgan fingerprint density at radius 3 is 2.58 bits per heavy atom. The summed E-state index contributed by atoms with van der Waals surface area (Å²) in [6, 6.07) is 12.7. The Morgan fingerprint density at radius 2 is 1.95 bits per heavy atom. The molecule has 2 rings (SSSR count). The standard InChI is InChI=1S/C14H15N3O.ClH/c15-13(9-11-5-2-1-3-6-11)14(18)17-12-7-4-8-16-10-12;/h1-8,10,13H,9,15H2,(H,17,18);1H. The fraction of sp³-hybridized carbons (Fsp3) is 0.143. The van der Waals surface area contributed by atoms with Gasteiger partial charge in [0.05, 0.1) is 17.9 Å². The predicted molar refractivity (Wildman–Crippen MR) is 78.2 cm³/mol. The molecule has 0 aliphatic rings. The number of aromatic nitrogens is 1. The van der Waals surface area contributed by atoms with Crippen molar-refractivity contribution in [2.75, 3.05) is 5.32 Å². The van der Waals surface area contributed by atoms with Crippen molar-refractivity contribution in [3.8, 4) is 0 Å². The van der Waals surface area contributed by atoms with Gasteiger partial charge in [0.1, 0.15) is 0 Å². The summed E-state index contributed by atoms with van der Waals surface area (Å²) in [4.78, 5) is 15.8. The van der Waals surface area contributed by atoms with Gasteiger partial charge in [-0.2, -0.15) is 0 Å². The van der Waals surface area contributed by atoms with Crippen LogP contribution in [0.3, 0.4) is 0 Å². The zero-order valence-electron chi connectivity index (χ0n) is 10.3. The van der Waals surface area contributed by atoms with E-state index in [2.05, 4.69) is 10.3 Å². The minimum Gasteiger partial charge on any atom is -0.323 e. The number of carbonyl (C=O) groups is 1. The normalized spacial score (nSPS) is 11.2. The molecule has 0 saturated carbocycles. The van der Waals surface area contributed by atoms with Crippen molar-refractivity contribution < 1.29 is 4.79 Å². The van der Waals surface area contributed by atoms with Crippen LogP contribution in [0.15, 0.2) is 54.9 Å². The van der Waals surface area contributed by atoms with Crippen molar-refractivity contribution in [3.05, 3.63) is 60.4 Å². The number of rotatable bonds is 4. The zero-order chi connectivity index (χ0) is 12.8. The summed E-state index contributed by atoms with van der Waals surface area (Å²) in [6.07, 6.45) is 3.76. The summed E-state index contributed by atoms with van der Waals surface area (Å²) in [5.41, 5.74) is 7.57. The van der Waals surface area contributed by atoms with Gasteiger partial charge in [0.25, 0.3) is 0 Å². The second kappa shape index (κ2) is 7.51. The number of hydrogen-bond acceptors (Lipinski definition) is 3. The molecule has 1 atom stereocenters. The maximum absolute atomic E-state index is 11.9.